The van der Waals surface area contributed by atoms with Gasteiger partial charge in [0.05, 0.1) is 6.61 Å². The monoisotopic (exact) mass is 254 g/mol. The Balaban J connectivity index is 2.11. The fourth-order valence-electron chi connectivity index (χ4n) is 2.26. The second-order valence-electron chi connectivity index (χ2n) is 4.79. The summed E-state index contributed by atoms with van der Waals surface area (Å²) in [5.41, 5.74) is 1.94. The van der Waals surface area contributed by atoms with E-state index in [0.717, 1.165) is 24.3 Å². The van der Waals surface area contributed by atoms with Crippen LogP contribution < -0.4 is 4.90 Å². The van der Waals surface area contributed by atoms with Crippen molar-refractivity contribution in [1.82, 2.24) is 4.90 Å². The number of hydrogen-bond acceptors (Lipinski definition) is 3. The molecule has 1 saturated heterocycles. The fraction of sp³-hybridized carbons (Fsp3) is 0.538. The first kappa shape index (κ1) is 12.7. The molecule has 17 heavy (non-hydrogen) atoms. The first-order chi connectivity index (χ1) is 8.11. The third-order valence-electron chi connectivity index (χ3n) is 3.47. The van der Waals surface area contributed by atoms with Crippen molar-refractivity contribution in [3.8, 4) is 0 Å². The molecule has 0 bridgehead atoms. The van der Waals surface area contributed by atoms with Crippen LogP contribution in [-0.2, 0) is 6.61 Å². The Hall–Kier alpha value is -0.770. The van der Waals surface area contributed by atoms with E-state index in [-0.39, 0.29) is 6.61 Å². The molecule has 1 aromatic carbocycles. The Morgan fingerprint density at radius 3 is 2.76 bits per heavy atom. The highest BCUT2D eigenvalue weighted by Crippen LogP contribution is 2.27. The van der Waals surface area contributed by atoms with Gasteiger partial charge in [-0.25, -0.2) is 0 Å². The topological polar surface area (TPSA) is 26.7 Å². The van der Waals surface area contributed by atoms with E-state index in [1.54, 1.807) is 0 Å². The van der Waals surface area contributed by atoms with Gasteiger partial charge >= 0.3 is 0 Å². The quantitative estimate of drug-likeness (QED) is 0.894. The average Bonchev–Trinajstić information content (AvgIpc) is 2.78. The van der Waals surface area contributed by atoms with Crippen LogP contribution in [0, 0.1) is 0 Å². The number of benzene rings is 1. The molecular formula is C13H19ClN2O. The lowest BCUT2D eigenvalue weighted by molar-refractivity contribution is 0.282. The van der Waals surface area contributed by atoms with Crippen LogP contribution in [0.4, 0.5) is 5.69 Å². The second kappa shape index (κ2) is 5.25. The number of hydrogen-bond donors (Lipinski definition) is 1. The highest BCUT2D eigenvalue weighted by Gasteiger charge is 2.24. The van der Waals surface area contributed by atoms with Crippen LogP contribution in [0.25, 0.3) is 0 Å². The van der Waals surface area contributed by atoms with E-state index in [4.69, 9.17) is 16.7 Å². The number of halogens is 1. The minimum atomic E-state index is -0.000559. The summed E-state index contributed by atoms with van der Waals surface area (Å²) in [7, 11) is 4.24. The zero-order chi connectivity index (χ0) is 12.4. The van der Waals surface area contributed by atoms with Gasteiger partial charge in [0, 0.05) is 29.8 Å². The summed E-state index contributed by atoms with van der Waals surface area (Å²) in [5, 5.41) is 9.74. The SMILES string of the molecule is CN(C)C1CCN(c2ccc(CO)c(Cl)c2)C1. The van der Waals surface area contributed by atoms with Gasteiger partial charge in [-0.3, -0.25) is 0 Å². The Morgan fingerprint density at radius 1 is 1.47 bits per heavy atom. The minimum absolute atomic E-state index is 0.000559. The predicted octanol–water partition coefficient (Wildman–Crippen LogP) is 1.97. The Kier molecular flexibility index (Phi) is 3.92. The molecule has 3 nitrogen and oxygen atoms in total. The first-order valence-electron chi connectivity index (χ1n) is 5.92. The van der Waals surface area contributed by atoms with Crippen LogP contribution in [0.5, 0.6) is 0 Å². The summed E-state index contributed by atoms with van der Waals surface area (Å²) in [6.45, 7) is 2.11. The molecule has 1 aromatic rings. The summed E-state index contributed by atoms with van der Waals surface area (Å²) >= 11 is 6.11. The summed E-state index contributed by atoms with van der Waals surface area (Å²) in [5.74, 6) is 0. The van der Waals surface area contributed by atoms with Crippen molar-refractivity contribution in [2.45, 2.75) is 19.1 Å². The number of likely N-dealkylation sites (N-methyl/N-ethyl adjacent to an activating group) is 1. The number of anilines is 1. The van der Waals surface area contributed by atoms with Gasteiger partial charge in [0.15, 0.2) is 0 Å². The molecular weight excluding hydrogens is 236 g/mol. The van der Waals surface area contributed by atoms with Gasteiger partial charge in [-0.15, -0.1) is 0 Å². The van der Waals surface area contributed by atoms with Crippen molar-refractivity contribution < 1.29 is 5.11 Å². The second-order valence-corrected chi connectivity index (χ2v) is 5.19. The molecule has 2 rings (SSSR count). The van der Waals surface area contributed by atoms with Crippen molar-refractivity contribution in [3.63, 3.8) is 0 Å². The normalized spacial score (nSPS) is 20.3. The van der Waals surface area contributed by atoms with Gasteiger partial charge in [0.1, 0.15) is 0 Å². The molecule has 0 saturated carbocycles. The van der Waals surface area contributed by atoms with E-state index < -0.39 is 0 Å². The van der Waals surface area contributed by atoms with Crippen LogP contribution in [0.1, 0.15) is 12.0 Å². The molecule has 1 atom stereocenters. The number of aliphatic hydroxyl groups is 1. The number of aliphatic hydroxyl groups excluding tert-OH is 1. The molecule has 1 fully saturated rings. The van der Waals surface area contributed by atoms with Crippen molar-refractivity contribution in [3.05, 3.63) is 28.8 Å². The van der Waals surface area contributed by atoms with Gasteiger partial charge in [-0.05, 0) is 38.2 Å². The van der Waals surface area contributed by atoms with Gasteiger partial charge in [0.2, 0.25) is 0 Å². The van der Waals surface area contributed by atoms with Crippen LogP contribution in [0.3, 0.4) is 0 Å². The molecule has 0 radical (unpaired) electrons. The maximum Gasteiger partial charge on any atom is 0.0696 e. The van der Waals surface area contributed by atoms with Gasteiger partial charge < -0.3 is 14.9 Å². The molecule has 1 unspecified atom stereocenters. The van der Waals surface area contributed by atoms with Crippen molar-refractivity contribution in [2.24, 2.45) is 0 Å². The smallest absolute Gasteiger partial charge is 0.0696 e. The Bertz CT molecular complexity index is 395. The third kappa shape index (κ3) is 2.73. The van der Waals surface area contributed by atoms with Crippen LogP contribution in [0.15, 0.2) is 18.2 Å². The first-order valence-corrected chi connectivity index (χ1v) is 6.30. The van der Waals surface area contributed by atoms with Crippen molar-refractivity contribution in [2.75, 3.05) is 32.1 Å². The van der Waals surface area contributed by atoms with E-state index in [1.165, 1.54) is 6.42 Å². The van der Waals surface area contributed by atoms with E-state index in [9.17, 15) is 0 Å². The summed E-state index contributed by atoms with van der Waals surface area (Å²) in [6.07, 6.45) is 1.19. The summed E-state index contributed by atoms with van der Waals surface area (Å²) in [4.78, 5) is 4.61. The standard InChI is InChI=1S/C13H19ClN2O/c1-15(2)12-5-6-16(8-12)11-4-3-10(9-17)13(14)7-11/h3-4,7,12,17H,5-6,8-9H2,1-2H3. The molecule has 1 N–H and O–H groups in total. The third-order valence-corrected chi connectivity index (χ3v) is 3.82. The summed E-state index contributed by atoms with van der Waals surface area (Å²) < 4.78 is 0. The zero-order valence-corrected chi connectivity index (χ0v) is 11.1. The lowest BCUT2D eigenvalue weighted by Crippen LogP contribution is -2.31. The number of nitrogens with zero attached hydrogens (tertiary/aromatic N) is 2. The molecule has 0 spiro atoms. The molecule has 94 valence electrons. The molecule has 0 aromatic heterocycles. The predicted molar refractivity (Wildman–Crippen MR) is 71.7 cm³/mol. The van der Waals surface area contributed by atoms with Crippen molar-refractivity contribution >= 4 is 17.3 Å². The highest BCUT2D eigenvalue weighted by atomic mass is 35.5. The molecule has 0 amide bonds. The maximum atomic E-state index is 9.08. The van der Waals surface area contributed by atoms with Crippen LogP contribution in [0.2, 0.25) is 5.02 Å². The van der Waals surface area contributed by atoms with Gasteiger partial charge in [0.25, 0.3) is 0 Å². The molecule has 1 heterocycles. The van der Waals surface area contributed by atoms with E-state index >= 15 is 0 Å². The Morgan fingerprint density at radius 2 is 2.24 bits per heavy atom. The average molecular weight is 255 g/mol. The zero-order valence-electron chi connectivity index (χ0n) is 10.4. The lowest BCUT2D eigenvalue weighted by atomic mass is 10.2. The van der Waals surface area contributed by atoms with E-state index in [0.29, 0.717) is 11.1 Å². The van der Waals surface area contributed by atoms with E-state index in [1.807, 2.05) is 18.2 Å². The Labute approximate surface area is 108 Å². The van der Waals surface area contributed by atoms with Gasteiger partial charge in [-0.2, -0.15) is 0 Å². The van der Waals surface area contributed by atoms with Crippen molar-refractivity contribution in [1.29, 1.82) is 0 Å². The molecule has 4 heteroatoms. The van der Waals surface area contributed by atoms with Crippen LogP contribution in [-0.4, -0.2) is 43.2 Å². The molecule has 1 aliphatic rings. The van der Waals surface area contributed by atoms with E-state index in [2.05, 4.69) is 23.9 Å². The largest absolute Gasteiger partial charge is 0.392 e. The highest BCUT2D eigenvalue weighted by molar-refractivity contribution is 6.31. The minimum Gasteiger partial charge on any atom is -0.392 e. The van der Waals surface area contributed by atoms with Gasteiger partial charge in [-0.1, -0.05) is 17.7 Å². The summed E-state index contributed by atoms with van der Waals surface area (Å²) in [6, 6.07) is 6.51. The number of rotatable bonds is 3. The maximum absolute atomic E-state index is 9.08. The van der Waals surface area contributed by atoms with Crippen LogP contribution >= 0.6 is 11.6 Å². The molecule has 1 aliphatic heterocycles. The fourth-order valence-corrected chi connectivity index (χ4v) is 2.49. The lowest BCUT2D eigenvalue weighted by Gasteiger charge is -2.22. The molecule has 0 aliphatic carbocycles.